The first kappa shape index (κ1) is 16.0. The number of nitrogens with one attached hydrogen (secondary N) is 1. The van der Waals surface area contributed by atoms with Crippen molar-refractivity contribution in [2.24, 2.45) is 0 Å². The number of rotatable bonds is 7. The second kappa shape index (κ2) is 6.93. The summed E-state index contributed by atoms with van der Waals surface area (Å²) >= 11 is 0. The van der Waals surface area contributed by atoms with Gasteiger partial charge in [0.05, 0.1) is 5.69 Å². The van der Waals surface area contributed by atoms with E-state index >= 15 is 0 Å². The maximum Gasteiger partial charge on any atom is 0.389 e. The van der Waals surface area contributed by atoms with Crippen LogP contribution in [0.25, 0.3) is 0 Å². The lowest BCUT2D eigenvalue weighted by Gasteiger charge is -2.16. The minimum Gasteiger partial charge on any atom is -0.317 e. The predicted octanol–water partition coefficient (Wildman–Crippen LogP) is 3.33. The van der Waals surface area contributed by atoms with Gasteiger partial charge in [-0.3, -0.25) is 4.68 Å². The van der Waals surface area contributed by atoms with E-state index in [0.717, 1.165) is 12.1 Å². The molecule has 110 valence electrons. The normalized spacial score (nSPS) is 15.5. The number of halogens is 3. The molecular formula is C13H22F3N3. The summed E-state index contributed by atoms with van der Waals surface area (Å²) in [7, 11) is 1.69. The second-order valence-electron chi connectivity index (χ2n) is 4.89. The molecule has 0 bridgehead atoms. The Bertz CT molecular complexity index is 373. The van der Waals surface area contributed by atoms with Gasteiger partial charge in [-0.2, -0.15) is 18.3 Å². The number of nitrogens with zero attached hydrogens (tertiary/aromatic N) is 2. The van der Waals surface area contributed by atoms with E-state index in [4.69, 9.17) is 0 Å². The first-order valence-electron chi connectivity index (χ1n) is 6.63. The van der Waals surface area contributed by atoms with E-state index in [1.165, 1.54) is 0 Å². The minimum absolute atomic E-state index is 0.0796. The molecule has 0 aromatic carbocycles. The highest BCUT2D eigenvalue weighted by Gasteiger charge is 2.28. The lowest BCUT2D eigenvalue weighted by Crippen LogP contribution is -2.29. The van der Waals surface area contributed by atoms with Gasteiger partial charge in [0, 0.05) is 31.1 Å². The van der Waals surface area contributed by atoms with Gasteiger partial charge in [-0.15, -0.1) is 0 Å². The third kappa shape index (κ3) is 5.63. The van der Waals surface area contributed by atoms with Crippen LogP contribution >= 0.6 is 0 Å². The van der Waals surface area contributed by atoms with Crippen molar-refractivity contribution in [1.82, 2.24) is 15.1 Å². The third-order valence-corrected chi connectivity index (χ3v) is 3.35. The van der Waals surface area contributed by atoms with Crippen molar-refractivity contribution in [2.45, 2.75) is 57.8 Å². The molecule has 0 aliphatic rings. The first-order valence-corrected chi connectivity index (χ1v) is 6.63. The van der Waals surface area contributed by atoms with E-state index in [0.29, 0.717) is 12.5 Å². The Morgan fingerprint density at radius 1 is 1.42 bits per heavy atom. The molecule has 0 fully saturated rings. The average Bonchev–Trinajstić information content (AvgIpc) is 2.80. The van der Waals surface area contributed by atoms with Crippen molar-refractivity contribution in [2.75, 3.05) is 7.05 Å². The van der Waals surface area contributed by atoms with E-state index in [1.807, 2.05) is 16.9 Å². The second-order valence-corrected chi connectivity index (χ2v) is 4.89. The Labute approximate surface area is 112 Å². The summed E-state index contributed by atoms with van der Waals surface area (Å²) in [6, 6.07) is 2.00. The molecule has 1 rings (SSSR count). The van der Waals surface area contributed by atoms with Gasteiger partial charge in [-0.25, -0.2) is 0 Å². The fourth-order valence-corrected chi connectivity index (χ4v) is 1.86. The molecule has 1 N–H and O–H groups in total. The molecule has 2 atom stereocenters. The molecule has 0 aliphatic carbocycles. The van der Waals surface area contributed by atoms with Gasteiger partial charge < -0.3 is 5.32 Å². The molecule has 6 heteroatoms. The first-order chi connectivity index (χ1) is 8.85. The number of likely N-dealkylation sites (N-methyl/N-ethyl adjacent to an activating group) is 1. The zero-order valence-electron chi connectivity index (χ0n) is 11.7. The van der Waals surface area contributed by atoms with E-state index in [2.05, 4.69) is 24.3 Å². The topological polar surface area (TPSA) is 29.9 Å². The Balaban J connectivity index is 2.53. The summed E-state index contributed by atoms with van der Waals surface area (Å²) in [5.74, 6) is 0. The van der Waals surface area contributed by atoms with Crippen molar-refractivity contribution < 1.29 is 13.2 Å². The highest BCUT2D eigenvalue weighted by atomic mass is 19.4. The molecule has 1 heterocycles. The van der Waals surface area contributed by atoms with Crippen LogP contribution < -0.4 is 5.32 Å². The Morgan fingerprint density at radius 2 is 2.11 bits per heavy atom. The van der Waals surface area contributed by atoms with Crippen LogP contribution in [-0.2, 0) is 6.42 Å². The molecule has 0 saturated heterocycles. The molecule has 1 aromatic rings. The van der Waals surface area contributed by atoms with Crippen LogP contribution in [0.1, 0.15) is 44.8 Å². The van der Waals surface area contributed by atoms with Crippen molar-refractivity contribution in [3.05, 3.63) is 18.0 Å². The average molecular weight is 277 g/mol. The van der Waals surface area contributed by atoms with Crippen LogP contribution in [0.4, 0.5) is 13.2 Å². The smallest absolute Gasteiger partial charge is 0.317 e. The fraction of sp³-hybridized carbons (Fsp3) is 0.769. The number of alkyl halides is 3. The minimum atomic E-state index is -4.09. The van der Waals surface area contributed by atoms with E-state index in [-0.39, 0.29) is 12.5 Å². The van der Waals surface area contributed by atoms with Gasteiger partial charge in [-0.1, -0.05) is 6.92 Å². The molecule has 0 saturated carbocycles. The highest BCUT2D eigenvalue weighted by Crippen LogP contribution is 2.23. The summed E-state index contributed by atoms with van der Waals surface area (Å²) < 4.78 is 38.5. The van der Waals surface area contributed by atoms with Crippen LogP contribution in [0.15, 0.2) is 12.3 Å². The molecular weight excluding hydrogens is 255 g/mol. The third-order valence-electron chi connectivity index (χ3n) is 3.35. The lowest BCUT2D eigenvalue weighted by molar-refractivity contribution is -0.136. The zero-order valence-corrected chi connectivity index (χ0v) is 11.7. The molecule has 2 unspecified atom stereocenters. The summed E-state index contributed by atoms with van der Waals surface area (Å²) in [5, 5.41) is 7.33. The lowest BCUT2D eigenvalue weighted by atomic mass is 10.1. The fourth-order valence-electron chi connectivity index (χ4n) is 1.86. The maximum atomic E-state index is 12.2. The van der Waals surface area contributed by atoms with E-state index < -0.39 is 12.6 Å². The van der Waals surface area contributed by atoms with Crippen molar-refractivity contribution in [3.63, 3.8) is 0 Å². The van der Waals surface area contributed by atoms with Crippen LogP contribution in [0.3, 0.4) is 0 Å². The van der Waals surface area contributed by atoms with Crippen LogP contribution in [0, 0.1) is 0 Å². The van der Waals surface area contributed by atoms with Gasteiger partial charge in [0.2, 0.25) is 0 Å². The Hall–Kier alpha value is -1.04. The van der Waals surface area contributed by atoms with Gasteiger partial charge >= 0.3 is 6.18 Å². The molecule has 19 heavy (non-hydrogen) atoms. The monoisotopic (exact) mass is 277 g/mol. The maximum absolute atomic E-state index is 12.2. The molecule has 0 aliphatic heterocycles. The number of hydrogen-bond donors (Lipinski definition) is 1. The van der Waals surface area contributed by atoms with Gasteiger partial charge in [-0.05, 0) is 32.9 Å². The van der Waals surface area contributed by atoms with Crippen molar-refractivity contribution >= 4 is 0 Å². The quantitative estimate of drug-likeness (QED) is 0.828. The van der Waals surface area contributed by atoms with Crippen LogP contribution in [0.5, 0.6) is 0 Å². The summed E-state index contributed by atoms with van der Waals surface area (Å²) in [6.07, 6.45) is -1.38. The standard InChI is InChI=1S/C13H22F3N3/c1-4-10(2)19-8-6-12(18-19)9-11(17-3)5-7-13(14,15)16/h6,8,10-11,17H,4-5,7,9H2,1-3H3. The van der Waals surface area contributed by atoms with E-state index in [1.54, 1.807) is 7.05 Å². The Morgan fingerprint density at radius 3 is 2.63 bits per heavy atom. The number of aromatic nitrogens is 2. The van der Waals surface area contributed by atoms with E-state index in [9.17, 15) is 13.2 Å². The Kier molecular flexibility index (Phi) is 5.85. The predicted molar refractivity (Wildman–Crippen MR) is 69.1 cm³/mol. The van der Waals surface area contributed by atoms with Crippen LogP contribution in [0.2, 0.25) is 0 Å². The molecule has 0 amide bonds. The van der Waals surface area contributed by atoms with Gasteiger partial charge in [0.25, 0.3) is 0 Å². The summed E-state index contributed by atoms with van der Waals surface area (Å²) in [4.78, 5) is 0. The van der Waals surface area contributed by atoms with Gasteiger partial charge in [0.15, 0.2) is 0 Å². The molecule has 0 spiro atoms. The SMILES string of the molecule is CCC(C)n1ccc(CC(CCC(F)(F)F)NC)n1. The van der Waals surface area contributed by atoms with Crippen LogP contribution in [-0.4, -0.2) is 29.0 Å². The summed E-state index contributed by atoms with van der Waals surface area (Å²) in [5.41, 5.74) is 0.835. The molecule has 0 radical (unpaired) electrons. The van der Waals surface area contributed by atoms with Gasteiger partial charge in [0.1, 0.15) is 0 Å². The highest BCUT2D eigenvalue weighted by molar-refractivity contribution is 5.02. The largest absolute Gasteiger partial charge is 0.389 e. The molecule has 1 aromatic heterocycles. The van der Waals surface area contributed by atoms with Crippen molar-refractivity contribution in [3.8, 4) is 0 Å². The zero-order chi connectivity index (χ0) is 14.5. The number of hydrogen-bond acceptors (Lipinski definition) is 2. The summed E-state index contributed by atoms with van der Waals surface area (Å²) in [6.45, 7) is 4.14. The molecule has 3 nitrogen and oxygen atoms in total. The van der Waals surface area contributed by atoms with Crippen molar-refractivity contribution in [1.29, 1.82) is 0 Å².